The van der Waals surface area contributed by atoms with Crippen molar-refractivity contribution in [2.45, 2.75) is 59.8 Å². The van der Waals surface area contributed by atoms with Crippen molar-refractivity contribution in [3.05, 3.63) is 86.3 Å². The number of carboxylic acids is 1. The maximum absolute atomic E-state index is 13.4. The summed E-state index contributed by atoms with van der Waals surface area (Å²) >= 11 is 0. The van der Waals surface area contributed by atoms with Crippen LogP contribution in [0.15, 0.2) is 46.3 Å². The first-order chi connectivity index (χ1) is 20.5. The van der Waals surface area contributed by atoms with Gasteiger partial charge in [-0.3, -0.25) is 29.0 Å². The number of carbonyl (C=O) groups excluding carboxylic acids is 4. The van der Waals surface area contributed by atoms with Crippen molar-refractivity contribution >= 4 is 41.5 Å². The van der Waals surface area contributed by atoms with E-state index in [-0.39, 0.29) is 42.1 Å². The van der Waals surface area contributed by atoms with Crippen LogP contribution in [0.3, 0.4) is 0 Å². The van der Waals surface area contributed by atoms with Gasteiger partial charge in [-0.05, 0) is 49.5 Å². The number of fused-ring (bicyclic) bond motifs is 1. The van der Waals surface area contributed by atoms with E-state index in [1.165, 1.54) is 6.08 Å². The minimum absolute atomic E-state index is 0.0500. The number of hydrogen-bond acceptors (Lipinski definition) is 6. The molecule has 2 aliphatic heterocycles. The van der Waals surface area contributed by atoms with Gasteiger partial charge in [0, 0.05) is 76.2 Å². The van der Waals surface area contributed by atoms with Crippen LogP contribution < -0.4 is 5.32 Å². The number of rotatable bonds is 10. The summed E-state index contributed by atoms with van der Waals surface area (Å²) in [7, 11) is 0. The topological polar surface area (TPSA) is 162 Å². The fourth-order valence-electron chi connectivity index (χ4n) is 6.57. The minimum Gasteiger partial charge on any atom is -0.481 e. The Labute approximate surface area is 248 Å². The highest BCUT2D eigenvalue weighted by atomic mass is 16.4. The van der Waals surface area contributed by atoms with Gasteiger partial charge in [0.25, 0.3) is 5.91 Å². The second-order valence-corrected chi connectivity index (χ2v) is 11.2. The lowest BCUT2D eigenvalue weighted by atomic mass is 9.84. The standard InChI is InChI=1S/C33H34N4O6/c1-6-18-15(3)24(37-33(18)43)11-23-16(4)20(8-9-29(41)42)31(35-23)21-10-28(40)30-17(5)25(36-32(21)30)12-26-19(7-2)22(13-38)27(14-39)34-26/h6,11,13-14,16,20,34,36H,1,7-10,12H2,2-5H3,(H,37,43)(H,41,42). The molecule has 43 heavy (non-hydrogen) atoms. The number of H-pyrrole nitrogens is 2. The van der Waals surface area contributed by atoms with Crippen molar-refractivity contribution in [3.63, 3.8) is 0 Å². The summed E-state index contributed by atoms with van der Waals surface area (Å²) in [4.78, 5) is 72.0. The molecule has 10 heteroatoms. The van der Waals surface area contributed by atoms with Crippen molar-refractivity contribution in [1.29, 1.82) is 0 Å². The van der Waals surface area contributed by atoms with Crippen LogP contribution in [0.2, 0.25) is 0 Å². The Balaban J connectivity index is 1.60. The molecule has 0 radical (unpaired) electrons. The smallest absolute Gasteiger partial charge is 0.303 e. The average Bonchev–Trinajstić information content (AvgIpc) is 3.73. The Morgan fingerprint density at radius 2 is 1.88 bits per heavy atom. The normalized spacial score (nSPS) is 22.3. The number of amides is 1. The number of aromatic amines is 2. The van der Waals surface area contributed by atoms with Gasteiger partial charge in [0.05, 0.1) is 17.1 Å². The summed E-state index contributed by atoms with van der Waals surface area (Å²) in [6.45, 7) is 11.3. The highest BCUT2D eigenvalue weighted by molar-refractivity contribution is 6.14. The fourth-order valence-corrected chi connectivity index (χ4v) is 6.57. The third-order valence-electron chi connectivity index (χ3n) is 8.93. The molecule has 3 aliphatic rings. The van der Waals surface area contributed by atoms with E-state index in [1.807, 2.05) is 33.8 Å². The Kier molecular flexibility index (Phi) is 7.88. The van der Waals surface area contributed by atoms with Gasteiger partial charge in [-0.1, -0.05) is 26.5 Å². The van der Waals surface area contributed by atoms with Gasteiger partial charge < -0.3 is 20.4 Å². The molecule has 5 rings (SSSR count). The summed E-state index contributed by atoms with van der Waals surface area (Å²) in [5.41, 5.74) is 8.90. The zero-order valence-corrected chi connectivity index (χ0v) is 24.6. The van der Waals surface area contributed by atoms with E-state index in [2.05, 4.69) is 21.9 Å². The van der Waals surface area contributed by atoms with Crippen molar-refractivity contribution in [1.82, 2.24) is 15.3 Å². The number of aromatic nitrogens is 2. The summed E-state index contributed by atoms with van der Waals surface area (Å²) in [5.74, 6) is -1.60. The van der Waals surface area contributed by atoms with Crippen LogP contribution in [0.1, 0.15) is 99.4 Å². The molecule has 10 nitrogen and oxygen atoms in total. The number of nitrogens with one attached hydrogen (secondary N) is 3. The predicted molar refractivity (Wildman–Crippen MR) is 161 cm³/mol. The average molecular weight is 583 g/mol. The molecule has 4 N–H and O–H groups in total. The van der Waals surface area contributed by atoms with Gasteiger partial charge in [-0.25, -0.2) is 0 Å². The van der Waals surface area contributed by atoms with Crippen LogP contribution >= 0.6 is 0 Å². The van der Waals surface area contributed by atoms with Crippen molar-refractivity contribution in [2.24, 2.45) is 16.8 Å². The molecule has 2 aromatic rings. The molecule has 222 valence electrons. The van der Waals surface area contributed by atoms with E-state index in [9.17, 15) is 29.1 Å². The zero-order valence-electron chi connectivity index (χ0n) is 24.6. The molecule has 2 atom stereocenters. The van der Waals surface area contributed by atoms with Crippen molar-refractivity contribution < 1.29 is 29.1 Å². The molecule has 0 saturated heterocycles. The maximum Gasteiger partial charge on any atom is 0.303 e. The maximum atomic E-state index is 13.4. The third-order valence-corrected chi connectivity index (χ3v) is 8.93. The van der Waals surface area contributed by atoms with E-state index in [4.69, 9.17) is 4.99 Å². The molecule has 2 aromatic heterocycles. The summed E-state index contributed by atoms with van der Waals surface area (Å²) in [6, 6.07) is 0. The van der Waals surface area contributed by atoms with Gasteiger partial charge in [0.1, 0.15) is 0 Å². The number of allylic oxidation sites excluding steroid dienone is 4. The second kappa shape index (κ2) is 11.4. The van der Waals surface area contributed by atoms with Crippen molar-refractivity contribution in [2.75, 3.05) is 0 Å². The summed E-state index contributed by atoms with van der Waals surface area (Å²) in [5, 5.41) is 12.3. The van der Waals surface area contributed by atoms with Gasteiger partial charge in [-0.15, -0.1) is 0 Å². The lowest BCUT2D eigenvalue weighted by Gasteiger charge is -2.18. The quantitative estimate of drug-likeness (QED) is 0.294. The number of carbonyl (C=O) groups is 5. The Morgan fingerprint density at radius 3 is 2.49 bits per heavy atom. The lowest BCUT2D eigenvalue weighted by Crippen LogP contribution is -2.19. The van der Waals surface area contributed by atoms with Gasteiger partial charge in [0.2, 0.25) is 0 Å². The number of carboxylic acid groups (broad SMARTS) is 1. The Morgan fingerprint density at radius 1 is 1.14 bits per heavy atom. The number of hydrogen-bond donors (Lipinski definition) is 4. The third kappa shape index (κ3) is 4.96. The van der Waals surface area contributed by atoms with Gasteiger partial charge in [-0.2, -0.15) is 0 Å². The molecule has 2 unspecified atom stereocenters. The zero-order chi connectivity index (χ0) is 31.2. The van der Waals surface area contributed by atoms with E-state index >= 15 is 0 Å². The van der Waals surface area contributed by atoms with Crippen LogP contribution in [-0.2, 0) is 22.4 Å². The predicted octanol–water partition coefficient (Wildman–Crippen LogP) is 4.81. The van der Waals surface area contributed by atoms with Crippen LogP contribution in [0.5, 0.6) is 0 Å². The summed E-state index contributed by atoms with van der Waals surface area (Å²) in [6.07, 6.45) is 6.01. The van der Waals surface area contributed by atoms with Crippen LogP contribution in [0.25, 0.3) is 5.57 Å². The van der Waals surface area contributed by atoms with Gasteiger partial charge >= 0.3 is 5.97 Å². The highest BCUT2D eigenvalue weighted by Gasteiger charge is 2.39. The second-order valence-electron chi connectivity index (χ2n) is 11.2. The number of ketones is 1. The lowest BCUT2D eigenvalue weighted by molar-refractivity contribution is -0.137. The molecule has 0 fully saturated rings. The largest absolute Gasteiger partial charge is 0.481 e. The molecule has 0 saturated carbocycles. The Bertz CT molecular complexity index is 1740. The molecule has 0 spiro atoms. The first kappa shape index (κ1) is 29.6. The Hall–Kier alpha value is -4.86. The molecular formula is C33H34N4O6. The summed E-state index contributed by atoms with van der Waals surface area (Å²) < 4.78 is 0. The van der Waals surface area contributed by atoms with E-state index in [0.717, 1.165) is 33.7 Å². The van der Waals surface area contributed by atoms with E-state index in [1.54, 1.807) is 0 Å². The molecule has 0 aromatic carbocycles. The monoisotopic (exact) mass is 582 g/mol. The molecule has 1 amide bonds. The first-order valence-corrected chi connectivity index (χ1v) is 14.3. The molecular weight excluding hydrogens is 548 g/mol. The SMILES string of the molecule is C=CC1=C(C)C(=CC2=NC(=C3CC(=O)c4c3[nH]c(Cc3[nH]c(C=O)c(C=O)c3CC)c4C)C(CCC(=O)O)C2C)NC1=O. The fraction of sp³-hybridized carbons (Fsp3) is 0.333. The number of aliphatic carboxylic acids is 1. The highest BCUT2D eigenvalue weighted by Crippen LogP contribution is 2.45. The van der Waals surface area contributed by atoms with Crippen LogP contribution in [-0.4, -0.2) is 51.0 Å². The number of aliphatic imine (C=N–C) groups is 1. The van der Waals surface area contributed by atoms with Crippen LogP contribution in [0, 0.1) is 18.8 Å². The van der Waals surface area contributed by atoms with Crippen molar-refractivity contribution in [3.8, 4) is 0 Å². The molecule has 4 heterocycles. The minimum atomic E-state index is -0.913. The number of aldehydes is 2. The van der Waals surface area contributed by atoms with Gasteiger partial charge in [0.15, 0.2) is 18.4 Å². The van der Waals surface area contributed by atoms with E-state index in [0.29, 0.717) is 71.3 Å². The first-order valence-electron chi connectivity index (χ1n) is 14.3. The molecule has 1 aliphatic carbocycles. The number of nitrogens with zero attached hydrogens (tertiary/aromatic N) is 1. The number of Topliss-reactive ketones (excluding diaryl/α,β-unsaturated/α-hetero) is 1. The molecule has 0 bridgehead atoms. The van der Waals surface area contributed by atoms with E-state index < -0.39 is 5.97 Å². The van der Waals surface area contributed by atoms with Crippen LogP contribution in [0.4, 0.5) is 0 Å².